The van der Waals surface area contributed by atoms with Crippen LogP contribution in [0.4, 0.5) is 0 Å². The van der Waals surface area contributed by atoms with E-state index in [1.54, 1.807) is 0 Å². The molecule has 0 N–H and O–H groups in total. The topological polar surface area (TPSA) is 0 Å². The average molecular weight is 289 g/mol. The van der Waals surface area contributed by atoms with Crippen molar-refractivity contribution in [2.24, 2.45) is 0 Å². The molecular weight excluding hydrogens is 264 g/mol. The van der Waals surface area contributed by atoms with Crippen molar-refractivity contribution in [2.75, 3.05) is 0 Å². The van der Waals surface area contributed by atoms with Gasteiger partial charge < -0.3 is 0 Å². The Balaban J connectivity index is 1.68. The third-order valence-corrected chi connectivity index (χ3v) is 4.48. The highest BCUT2D eigenvalue weighted by atomic mass is 14.0. The number of fused-ring (bicyclic) bond motifs is 2. The maximum atomic E-state index is 3.57. The summed E-state index contributed by atoms with van der Waals surface area (Å²) in [6, 6.07) is 21.2. The van der Waals surface area contributed by atoms with E-state index in [-0.39, 0.29) is 0 Å². The van der Waals surface area contributed by atoms with Crippen LogP contribution in [0.5, 0.6) is 0 Å². The molecule has 0 aliphatic heterocycles. The zero-order valence-corrected chi connectivity index (χ0v) is 13.6. The molecule has 113 valence electrons. The molecule has 0 saturated carbocycles. The molecule has 3 aromatic rings. The first-order chi connectivity index (χ1) is 10.9. The number of hydrogen-bond donors (Lipinski definition) is 0. The Morgan fingerprint density at radius 1 is 0.727 bits per heavy atom. The molecule has 0 saturated heterocycles. The van der Waals surface area contributed by atoms with Gasteiger partial charge in [0.05, 0.1) is 0 Å². The summed E-state index contributed by atoms with van der Waals surface area (Å²) in [7, 11) is 0. The molecule has 0 nitrogen and oxygen atoms in total. The summed E-state index contributed by atoms with van der Waals surface area (Å²) in [5.74, 6) is 0. The van der Waals surface area contributed by atoms with Gasteiger partial charge in [0.1, 0.15) is 0 Å². The van der Waals surface area contributed by atoms with Gasteiger partial charge in [-0.1, -0.05) is 81.5 Å². The molecule has 0 aromatic heterocycles. The van der Waals surface area contributed by atoms with Gasteiger partial charge in [0, 0.05) is 0 Å². The highest BCUT2D eigenvalue weighted by molar-refractivity contribution is 5.97. The molecule has 0 unspecified atom stereocenters. The first-order valence-corrected chi connectivity index (χ1v) is 8.70. The molecule has 0 fully saturated rings. The second-order valence-electron chi connectivity index (χ2n) is 6.30. The van der Waals surface area contributed by atoms with E-state index >= 15 is 0 Å². The van der Waals surface area contributed by atoms with Crippen LogP contribution in [0.15, 0.2) is 48.5 Å². The van der Waals surface area contributed by atoms with Gasteiger partial charge >= 0.3 is 0 Å². The molecule has 0 bridgehead atoms. The maximum Gasteiger partial charge on any atom is -0.00142 e. The molecule has 22 heavy (non-hydrogen) atoms. The summed E-state index contributed by atoms with van der Waals surface area (Å²) >= 11 is 0. The van der Waals surface area contributed by atoms with Gasteiger partial charge in [-0.15, -0.1) is 0 Å². The number of rotatable bonds is 7. The van der Waals surface area contributed by atoms with Crippen LogP contribution in [0.25, 0.3) is 21.5 Å². The average Bonchev–Trinajstić information content (AvgIpc) is 2.56. The fourth-order valence-corrected chi connectivity index (χ4v) is 3.15. The van der Waals surface area contributed by atoms with Crippen LogP contribution >= 0.6 is 0 Å². The van der Waals surface area contributed by atoms with Crippen LogP contribution in [0.1, 0.15) is 51.0 Å². The van der Waals surface area contributed by atoms with E-state index in [0.717, 1.165) is 0 Å². The van der Waals surface area contributed by atoms with Crippen molar-refractivity contribution < 1.29 is 0 Å². The van der Waals surface area contributed by atoms with Crippen molar-refractivity contribution in [1.29, 1.82) is 0 Å². The molecule has 0 aliphatic carbocycles. The molecule has 1 radical (unpaired) electrons. The number of unbranched alkanes of at least 4 members (excludes halogenated alkanes) is 5. The van der Waals surface area contributed by atoms with E-state index < -0.39 is 0 Å². The first kappa shape index (κ1) is 15.1. The largest absolute Gasteiger partial charge is 0.0654 e. The van der Waals surface area contributed by atoms with E-state index in [1.807, 2.05) is 0 Å². The lowest BCUT2D eigenvalue weighted by Crippen LogP contribution is -1.87. The fourth-order valence-electron chi connectivity index (χ4n) is 3.15. The highest BCUT2D eigenvalue weighted by Gasteiger charge is 2.00. The number of hydrogen-bond acceptors (Lipinski definition) is 0. The van der Waals surface area contributed by atoms with Gasteiger partial charge in [0.2, 0.25) is 0 Å². The van der Waals surface area contributed by atoms with Gasteiger partial charge in [-0.05, 0) is 52.1 Å². The van der Waals surface area contributed by atoms with Gasteiger partial charge in [-0.25, -0.2) is 0 Å². The third kappa shape index (κ3) is 3.68. The van der Waals surface area contributed by atoms with E-state index in [2.05, 4.69) is 61.5 Å². The van der Waals surface area contributed by atoms with Crippen molar-refractivity contribution in [2.45, 2.75) is 51.9 Å². The van der Waals surface area contributed by atoms with Gasteiger partial charge in [0.15, 0.2) is 0 Å². The minimum absolute atomic E-state index is 1.20. The Hall–Kier alpha value is -1.82. The second kappa shape index (κ2) is 7.45. The second-order valence-corrected chi connectivity index (χ2v) is 6.30. The van der Waals surface area contributed by atoms with Gasteiger partial charge in [0.25, 0.3) is 0 Å². The standard InChI is InChI=1S/C22H25/c1-2-3-4-5-6-7-10-18-13-14-21-16-19-11-8-9-12-20(19)17-22(21)15-18/h8-9,11-16H,2-7,10H2,1H3. The summed E-state index contributed by atoms with van der Waals surface area (Å²) in [6.07, 6.45) is 9.36. The highest BCUT2D eigenvalue weighted by Crippen LogP contribution is 2.23. The van der Waals surface area contributed by atoms with Crippen LogP contribution in [0.3, 0.4) is 0 Å². The molecule has 3 rings (SSSR count). The summed E-state index contributed by atoms with van der Waals surface area (Å²) in [6.45, 7) is 2.27. The van der Waals surface area contributed by atoms with E-state index in [9.17, 15) is 0 Å². The predicted molar refractivity (Wildman–Crippen MR) is 97.4 cm³/mol. The number of aryl methyl sites for hydroxylation is 1. The van der Waals surface area contributed by atoms with Crippen LogP contribution in [0.2, 0.25) is 0 Å². The van der Waals surface area contributed by atoms with Crippen LogP contribution in [-0.2, 0) is 6.42 Å². The van der Waals surface area contributed by atoms with Crippen LogP contribution in [0, 0.1) is 6.07 Å². The molecule has 0 spiro atoms. The monoisotopic (exact) mass is 289 g/mol. The zero-order valence-electron chi connectivity index (χ0n) is 13.6. The molecule has 0 heterocycles. The van der Waals surface area contributed by atoms with Crippen molar-refractivity contribution in [1.82, 2.24) is 0 Å². The van der Waals surface area contributed by atoms with E-state index in [4.69, 9.17) is 0 Å². The Morgan fingerprint density at radius 2 is 1.50 bits per heavy atom. The molecule has 0 heteroatoms. The molecule has 0 atom stereocenters. The third-order valence-electron chi connectivity index (χ3n) is 4.48. The maximum absolute atomic E-state index is 3.57. The summed E-state index contributed by atoms with van der Waals surface area (Å²) in [5, 5.41) is 5.04. The predicted octanol–water partition coefficient (Wildman–Crippen LogP) is 6.70. The lowest BCUT2D eigenvalue weighted by Gasteiger charge is -2.06. The number of benzene rings is 3. The molecule has 0 amide bonds. The summed E-state index contributed by atoms with van der Waals surface area (Å²) in [5.41, 5.74) is 1.45. The normalized spacial score (nSPS) is 11.3. The van der Waals surface area contributed by atoms with E-state index in [0.29, 0.717) is 0 Å². The Bertz CT molecular complexity index is 739. The molecule has 0 aliphatic rings. The zero-order chi connectivity index (χ0) is 15.2. The lowest BCUT2D eigenvalue weighted by molar-refractivity contribution is 0.607. The Morgan fingerprint density at radius 3 is 2.41 bits per heavy atom. The van der Waals surface area contributed by atoms with Crippen LogP contribution < -0.4 is 0 Å². The van der Waals surface area contributed by atoms with Gasteiger partial charge in [-0.2, -0.15) is 0 Å². The quantitative estimate of drug-likeness (QED) is 0.335. The Labute approximate surface area is 134 Å². The van der Waals surface area contributed by atoms with Gasteiger partial charge in [-0.3, -0.25) is 0 Å². The SMILES string of the molecule is CCCCCCCCc1ccc2cc3ccccc3[c]c2c1. The lowest BCUT2D eigenvalue weighted by atomic mass is 9.99. The summed E-state index contributed by atoms with van der Waals surface area (Å²) in [4.78, 5) is 0. The minimum Gasteiger partial charge on any atom is -0.0654 e. The molecule has 3 aromatic carbocycles. The Kier molecular flexibility index (Phi) is 5.11. The first-order valence-electron chi connectivity index (χ1n) is 8.70. The molecular formula is C22H25. The minimum atomic E-state index is 1.20. The van der Waals surface area contributed by atoms with Crippen molar-refractivity contribution in [3.8, 4) is 0 Å². The summed E-state index contributed by atoms with van der Waals surface area (Å²) < 4.78 is 0. The van der Waals surface area contributed by atoms with Crippen LogP contribution in [-0.4, -0.2) is 0 Å². The van der Waals surface area contributed by atoms with Crippen molar-refractivity contribution in [3.63, 3.8) is 0 Å². The smallest absolute Gasteiger partial charge is 0.00142 e. The van der Waals surface area contributed by atoms with Crippen molar-refractivity contribution >= 4 is 21.5 Å². The van der Waals surface area contributed by atoms with E-state index in [1.165, 1.54) is 72.1 Å². The fraction of sp³-hybridized carbons (Fsp3) is 0.364. The van der Waals surface area contributed by atoms with Crippen molar-refractivity contribution in [3.05, 3.63) is 60.2 Å².